The van der Waals surface area contributed by atoms with E-state index in [2.05, 4.69) is 0 Å². The van der Waals surface area contributed by atoms with Crippen LogP contribution in [0.4, 0.5) is 0 Å². The number of aromatic hydroxyl groups is 2. The molecule has 1 heterocycles. The largest absolute Gasteiger partial charge is 0.504 e. The summed E-state index contributed by atoms with van der Waals surface area (Å²) in [6.45, 7) is 1.93. The predicted molar refractivity (Wildman–Crippen MR) is 60.8 cm³/mol. The zero-order chi connectivity index (χ0) is 8.43. The van der Waals surface area contributed by atoms with Crippen LogP contribution in [-0.4, -0.2) is 10.2 Å². The molecule has 0 aliphatic carbocycles. The van der Waals surface area contributed by atoms with Gasteiger partial charge in [-0.1, -0.05) is 6.92 Å². The van der Waals surface area contributed by atoms with Crippen LogP contribution in [0.25, 0.3) is 0 Å². The highest BCUT2D eigenvalue weighted by atomic mass is 127. The number of rotatable bonds is 1. The van der Waals surface area contributed by atoms with E-state index in [-0.39, 0.29) is 41.6 Å². The summed E-state index contributed by atoms with van der Waals surface area (Å²) in [6.07, 6.45) is 2.42. The van der Waals surface area contributed by atoms with Crippen molar-refractivity contribution in [1.82, 2.24) is 6.15 Å². The standard InChI is InChI=1S/C8H11NO2.HI.H3N/c1-3-6-8(11)7(10)4-5-9(6)2;;/h4-5,11H,3H2,1-2H3;1H;1H3/p+1. The van der Waals surface area contributed by atoms with Gasteiger partial charge in [0, 0.05) is 12.5 Å². The normalized spacial score (nSPS) is 8.46. The highest BCUT2D eigenvalue weighted by Gasteiger charge is 2.13. The molecule has 76 valence electrons. The van der Waals surface area contributed by atoms with Crippen LogP contribution in [0.1, 0.15) is 12.6 Å². The Balaban J connectivity index is 0. The molecule has 13 heavy (non-hydrogen) atoms. The van der Waals surface area contributed by atoms with Gasteiger partial charge in [-0.05, 0) is 0 Å². The van der Waals surface area contributed by atoms with Crippen LogP contribution >= 0.6 is 24.0 Å². The number of hydrogen-bond acceptors (Lipinski definition) is 3. The van der Waals surface area contributed by atoms with Gasteiger partial charge >= 0.3 is 0 Å². The number of halogens is 1. The first kappa shape index (κ1) is 14.9. The molecule has 0 bridgehead atoms. The molecule has 0 spiro atoms. The average Bonchev–Trinajstić information content (AvgIpc) is 1.99. The van der Waals surface area contributed by atoms with Crippen LogP contribution in [0.3, 0.4) is 0 Å². The molecule has 0 saturated carbocycles. The minimum absolute atomic E-state index is 0. The van der Waals surface area contributed by atoms with Crippen molar-refractivity contribution in [2.75, 3.05) is 0 Å². The van der Waals surface area contributed by atoms with Gasteiger partial charge in [0.15, 0.2) is 11.9 Å². The Morgan fingerprint density at radius 3 is 2.31 bits per heavy atom. The average molecular weight is 299 g/mol. The van der Waals surface area contributed by atoms with Crippen LogP contribution in [-0.2, 0) is 13.5 Å². The summed E-state index contributed by atoms with van der Waals surface area (Å²) >= 11 is 0. The second-order valence-corrected chi connectivity index (χ2v) is 2.46. The topological polar surface area (TPSA) is 79.3 Å². The van der Waals surface area contributed by atoms with E-state index >= 15 is 0 Å². The van der Waals surface area contributed by atoms with Gasteiger partial charge in [-0.2, -0.15) is 0 Å². The van der Waals surface area contributed by atoms with Crippen LogP contribution in [0.15, 0.2) is 12.3 Å². The van der Waals surface area contributed by atoms with Gasteiger partial charge in [-0.25, -0.2) is 4.57 Å². The van der Waals surface area contributed by atoms with Gasteiger partial charge in [0.25, 0.3) is 0 Å². The third-order valence-corrected chi connectivity index (χ3v) is 1.73. The van der Waals surface area contributed by atoms with Gasteiger partial charge < -0.3 is 16.4 Å². The highest BCUT2D eigenvalue weighted by Crippen LogP contribution is 2.24. The van der Waals surface area contributed by atoms with Gasteiger partial charge in [0.1, 0.15) is 7.05 Å². The fraction of sp³-hybridized carbons (Fsp3) is 0.375. The summed E-state index contributed by atoms with van der Waals surface area (Å²) in [6, 6.07) is 1.47. The molecule has 5 N–H and O–H groups in total. The molecule has 1 rings (SSSR count). The van der Waals surface area contributed by atoms with E-state index in [1.54, 1.807) is 10.8 Å². The van der Waals surface area contributed by atoms with Crippen molar-refractivity contribution in [3.63, 3.8) is 0 Å². The minimum atomic E-state index is -0.0556. The van der Waals surface area contributed by atoms with E-state index in [0.29, 0.717) is 6.42 Å². The van der Waals surface area contributed by atoms with Gasteiger partial charge in [0.2, 0.25) is 11.4 Å². The molecule has 0 radical (unpaired) electrons. The van der Waals surface area contributed by atoms with Gasteiger partial charge in [0.05, 0.1) is 0 Å². The SMILES string of the molecule is CCc1c(O)c(O)cc[n+]1C.I.N. The predicted octanol–water partition coefficient (Wildman–Crippen LogP) is 1.26. The van der Waals surface area contributed by atoms with Crippen molar-refractivity contribution in [1.29, 1.82) is 0 Å². The summed E-state index contributed by atoms with van der Waals surface area (Å²) in [4.78, 5) is 0. The number of nitrogens with zero attached hydrogens (tertiary/aromatic N) is 1. The maximum atomic E-state index is 9.31. The Morgan fingerprint density at radius 1 is 1.38 bits per heavy atom. The monoisotopic (exact) mass is 299 g/mol. The second-order valence-electron chi connectivity index (χ2n) is 2.46. The summed E-state index contributed by atoms with van der Waals surface area (Å²) in [5, 5.41) is 18.4. The number of hydrogen-bond donors (Lipinski definition) is 3. The lowest BCUT2D eigenvalue weighted by atomic mass is 10.2. The van der Waals surface area contributed by atoms with Crippen molar-refractivity contribution in [2.24, 2.45) is 7.05 Å². The Morgan fingerprint density at radius 2 is 1.92 bits per heavy atom. The fourth-order valence-electron chi connectivity index (χ4n) is 1.08. The Hall–Kier alpha value is -0.560. The van der Waals surface area contributed by atoms with E-state index in [1.807, 2.05) is 14.0 Å². The maximum Gasteiger partial charge on any atom is 0.226 e. The molecule has 0 unspecified atom stereocenters. The number of aromatic nitrogens is 1. The quantitative estimate of drug-likeness (QED) is 0.539. The first-order valence-corrected chi connectivity index (χ1v) is 3.56. The molecular weight excluding hydrogens is 283 g/mol. The molecule has 0 aromatic carbocycles. The van der Waals surface area contributed by atoms with E-state index in [9.17, 15) is 5.11 Å². The fourth-order valence-corrected chi connectivity index (χ4v) is 1.08. The van der Waals surface area contributed by atoms with E-state index in [1.165, 1.54) is 6.07 Å². The number of aryl methyl sites for hydroxylation is 1. The third kappa shape index (κ3) is 3.00. The van der Waals surface area contributed by atoms with E-state index in [4.69, 9.17) is 5.11 Å². The maximum absolute atomic E-state index is 9.31. The zero-order valence-electron chi connectivity index (χ0n) is 7.82. The Bertz CT molecular complexity index is 279. The molecular formula is C8H16IN2O2+. The molecule has 5 heteroatoms. The first-order chi connectivity index (χ1) is 5.16. The number of pyridine rings is 1. The zero-order valence-corrected chi connectivity index (χ0v) is 10.1. The second kappa shape index (κ2) is 5.98. The van der Waals surface area contributed by atoms with Crippen LogP contribution in [0.2, 0.25) is 0 Å². The first-order valence-electron chi connectivity index (χ1n) is 3.56. The molecule has 4 nitrogen and oxygen atoms in total. The molecule has 0 saturated heterocycles. The summed E-state index contributed by atoms with van der Waals surface area (Å²) in [7, 11) is 1.83. The van der Waals surface area contributed by atoms with E-state index in [0.717, 1.165) is 5.69 Å². The van der Waals surface area contributed by atoms with E-state index < -0.39 is 0 Å². The Labute approximate surface area is 94.8 Å². The lowest BCUT2D eigenvalue weighted by Gasteiger charge is -2.00. The molecule has 0 aliphatic heterocycles. The van der Waals surface area contributed by atoms with Crippen molar-refractivity contribution in [3.8, 4) is 11.5 Å². The lowest BCUT2D eigenvalue weighted by Crippen LogP contribution is -2.32. The van der Waals surface area contributed by atoms with Crippen LogP contribution < -0.4 is 10.7 Å². The summed E-state index contributed by atoms with van der Waals surface area (Å²) < 4.78 is 1.79. The van der Waals surface area contributed by atoms with Crippen LogP contribution in [0, 0.1) is 0 Å². The van der Waals surface area contributed by atoms with Crippen molar-refractivity contribution >= 4 is 24.0 Å². The van der Waals surface area contributed by atoms with Crippen LogP contribution in [0.5, 0.6) is 11.5 Å². The summed E-state index contributed by atoms with van der Waals surface area (Å²) in [5.41, 5.74) is 0.741. The minimum Gasteiger partial charge on any atom is -0.504 e. The van der Waals surface area contributed by atoms with Gasteiger partial charge in [-0.3, -0.25) is 0 Å². The van der Waals surface area contributed by atoms with Crippen molar-refractivity contribution < 1.29 is 14.8 Å². The van der Waals surface area contributed by atoms with Crippen molar-refractivity contribution in [3.05, 3.63) is 18.0 Å². The lowest BCUT2D eigenvalue weighted by molar-refractivity contribution is -0.679. The Kier molecular flexibility index (Phi) is 6.87. The highest BCUT2D eigenvalue weighted by molar-refractivity contribution is 14.0. The molecule has 1 aromatic heterocycles. The summed E-state index contributed by atoms with van der Waals surface area (Å²) in [5.74, 6) is -0.0718. The molecule has 0 amide bonds. The smallest absolute Gasteiger partial charge is 0.226 e. The molecule has 1 aromatic rings. The third-order valence-electron chi connectivity index (χ3n) is 1.73. The molecule has 0 fully saturated rings. The van der Waals surface area contributed by atoms with Crippen molar-refractivity contribution in [2.45, 2.75) is 13.3 Å². The molecule has 0 aliphatic rings. The van der Waals surface area contributed by atoms with Gasteiger partial charge in [-0.15, -0.1) is 24.0 Å². The molecule has 0 atom stereocenters.